The Morgan fingerprint density at radius 1 is 0.923 bits per heavy atom. The molecule has 0 aliphatic carbocycles. The van der Waals surface area contributed by atoms with Gasteiger partial charge in [0.25, 0.3) is 15.9 Å². The van der Waals surface area contributed by atoms with Crippen LogP contribution in [-0.2, 0) is 21.4 Å². The van der Waals surface area contributed by atoms with E-state index in [1.54, 1.807) is 42.5 Å². The van der Waals surface area contributed by atoms with E-state index in [4.69, 9.17) is 27.9 Å². The first-order valence-corrected chi connectivity index (χ1v) is 14.0. The zero-order valence-corrected chi connectivity index (χ0v) is 23.2. The summed E-state index contributed by atoms with van der Waals surface area (Å²) in [5, 5.41) is 4.69. The van der Waals surface area contributed by atoms with Gasteiger partial charge in [0.05, 0.1) is 16.8 Å². The molecule has 0 unspecified atom stereocenters. The standard InChI is InChI=1S/C29H25Cl2N3O4S/c1-21-5-7-23(8-6-21)20-38-27-13-9-22(10-14-27)18-32-33-29(35)19-34(26-4-2-3-25(31)17-26)39(36,37)28-15-11-24(30)12-16-28/h2-18H,19-20H2,1H3,(H,33,35)/b32-18-. The van der Waals surface area contributed by atoms with Crippen molar-refractivity contribution in [2.75, 3.05) is 10.8 Å². The van der Waals surface area contributed by atoms with Crippen molar-refractivity contribution in [3.05, 3.63) is 124 Å². The Kier molecular flexibility index (Phi) is 9.24. The van der Waals surface area contributed by atoms with Crippen molar-refractivity contribution >= 4 is 51.0 Å². The Morgan fingerprint density at radius 3 is 2.28 bits per heavy atom. The van der Waals surface area contributed by atoms with E-state index in [9.17, 15) is 13.2 Å². The second-order valence-electron chi connectivity index (χ2n) is 8.58. The molecule has 0 aliphatic heterocycles. The highest BCUT2D eigenvalue weighted by Gasteiger charge is 2.27. The number of halogens is 2. The molecule has 0 bridgehead atoms. The van der Waals surface area contributed by atoms with Crippen LogP contribution >= 0.6 is 23.2 Å². The molecule has 0 saturated carbocycles. The van der Waals surface area contributed by atoms with Gasteiger partial charge in [0.1, 0.15) is 18.9 Å². The van der Waals surface area contributed by atoms with E-state index in [-0.39, 0.29) is 10.6 Å². The lowest BCUT2D eigenvalue weighted by Crippen LogP contribution is -2.39. The Morgan fingerprint density at radius 2 is 1.62 bits per heavy atom. The summed E-state index contributed by atoms with van der Waals surface area (Å²) in [7, 11) is -4.10. The van der Waals surface area contributed by atoms with Crippen LogP contribution in [0.4, 0.5) is 5.69 Å². The molecule has 4 aromatic rings. The maximum absolute atomic E-state index is 13.4. The predicted octanol–water partition coefficient (Wildman–Crippen LogP) is 6.23. The second kappa shape index (κ2) is 12.8. The van der Waals surface area contributed by atoms with E-state index in [1.165, 1.54) is 42.1 Å². The molecule has 0 atom stereocenters. The Balaban J connectivity index is 1.40. The van der Waals surface area contributed by atoms with Gasteiger partial charge in [0.2, 0.25) is 0 Å². The quantitative estimate of drug-likeness (QED) is 0.178. The number of amides is 1. The van der Waals surface area contributed by atoms with Gasteiger partial charge in [-0.2, -0.15) is 5.10 Å². The molecule has 4 rings (SSSR count). The van der Waals surface area contributed by atoms with Crippen molar-refractivity contribution in [1.29, 1.82) is 0 Å². The molecule has 0 radical (unpaired) electrons. The maximum atomic E-state index is 13.4. The van der Waals surface area contributed by atoms with Gasteiger partial charge in [-0.3, -0.25) is 9.10 Å². The molecule has 7 nitrogen and oxygen atoms in total. The molecule has 0 spiro atoms. The van der Waals surface area contributed by atoms with Crippen LogP contribution in [-0.4, -0.2) is 27.1 Å². The second-order valence-corrected chi connectivity index (χ2v) is 11.3. The van der Waals surface area contributed by atoms with Crippen LogP contribution < -0.4 is 14.5 Å². The van der Waals surface area contributed by atoms with Crippen LogP contribution in [0.25, 0.3) is 0 Å². The summed E-state index contributed by atoms with van der Waals surface area (Å²) in [6.45, 7) is 1.96. The third-order valence-corrected chi connectivity index (χ3v) is 7.87. The fourth-order valence-corrected chi connectivity index (χ4v) is 5.25. The fourth-order valence-electron chi connectivity index (χ4n) is 3.53. The van der Waals surface area contributed by atoms with Gasteiger partial charge >= 0.3 is 0 Å². The van der Waals surface area contributed by atoms with Crippen LogP contribution in [0.1, 0.15) is 16.7 Å². The minimum atomic E-state index is -4.10. The maximum Gasteiger partial charge on any atom is 0.264 e. The number of aryl methyl sites for hydroxylation is 1. The summed E-state index contributed by atoms with van der Waals surface area (Å²) in [4.78, 5) is 12.7. The molecule has 39 heavy (non-hydrogen) atoms. The summed E-state index contributed by atoms with van der Waals surface area (Å²) >= 11 is 12.0. The first-order valence-electron chi connectivity index (χ1n) is 11.8. The minimum Gasteiger partial charge on any atom is -0.489 e. The number of carbonyl (C=O) groups is 1. The summed E-state index contributed by atoms with van der Waals surface area (Å²) in [5.41, 5.74) is 5.60. The number of sulfonamides is 1. The third-order valence-electron chi connectivity index (χ3n) is 5.59. The molecule has 0 aromatic heterocycles. The minimum absolute atomic E-state index is 0.0205. The van der Waals surface area contributed by atoms with Gasteiger partial charge < -0.3 is 4.74 Å². The molecule has 1 amide bonds. The zero-order valence-electron chi connectivity index (χ0n) is 20.9. The lowest BCUT2D eigenvalue weighted by molar-refractivity contribution is -0.119. The van der Waals surface area contributed by atoms with E-state index in [2.05, 4.69) is 10.5 Å². The summed E-state index contributed by atoms with van der Waals surface area (Å²) in [6.07, 6.45) is 1.46. The number of hydrazone groups is 1. The summed E-state index contributed by atoms with van der Waals surface area (Å²) in [5.74, 6) is 0.0585. The number of hydrogen-bond acceptors (Lipinski definition) is 5. The molecule has 4 aromatic carbocycles. The Bertz CT molecular complexity index is 1560. The molecular formula is C29H25Cl2N3O4S. The third kappa shape index (κ3) is 7.83. The molecule has 0 saturated heterocycles. The monoisotopic (exact) mass is 581 g/mol. The number of rotatable bonds is 10. The number of ether oxygens (including phenoxy) is 1. The highest BCUT2D eigenvalue weighted by atomic mass is 35.5. The first kappa shape index (κ1) is 28.2. The van der Waals surface area contributed by atoms with Crippen LogP contribution in [0.2, 0.25) is 10.0 Å². The predicted molar refractivity (Wildman–Crippen MR) is 155 cm³/mol. The van der Waals surface area contributed by atoms with Crippen molar-refractivity contribution in [2.45, 2.75) is 18.4 Å². The molecule has 10 heteroatoms. The molecule has 0 aliphatic rings. The van der Waals surface area contributed by atoms with Crippen LogP contribution in [0.5, 0.6) is 5.75 Å². The SMILES string of the molecule is Cc1ccc(COc2ccc(/C=N\NC(=O)CN(c3cccc(Cl)c3)S(=O)(=O)c3ccc(Cl)cc3)cc2)cc1. The van der Waals surface area contributed by atoms with Gasteiger partial charge in [0, 0.05) is 10.0 Å². The average molecular weight is 583 g/mol. The highest BCUT2D eigenvalue weighted by molar-refractivity contribution is 7.92. The normalized spacial score (nSPS) is 11.4. The number of anilines is 1. The molecule has 0 fully saturated rings. The lowest BCUT2D eigenvalue weighted by Gasteiger charge is -2.23. The van der Waals surface area contributed by atoms with E-state index < -0.39 is 22.5 Å². The smallest absolute Gasteiger partial charge is 0.264 e. The van der Waals surface area contributed by atoms with Gasteiger partial charge in [-0.25, -0.2) is 13.8 Å². The van der Waals surface area contributed by atoms with E-state index in [1.807, 2.05) is 31.2 Å². The van der Waals surface area contributed by atoms with Gasteiger partial charge in [-0.05, 0) is 84.8 Å². The van der Waals surface area contributed by atoms with E-state index in [0.29, 0.717) is 22.4 Å². The van der Waals surface area contributed by atoms with Crippen molar-refractivity contribution < 1.29 is 17.9 Å². The summed E-state index contributed by atoms with van der Waals surface area (Å²) < 4.78 is 33.5. The van der Waals surface area contributed by atoms with Gasteiger partial charge in [0.15, 0.2) is 0 Å². The van der Waals surface area contributed by atoms with Crippen molar-refractivity contribution in [3.8, 4) is 5.75 Å². The number of hydrogen-bond donors (Lipinski definition) is 1. The average Bonchev–Trinajstić information content (AvgIpc) is 2.92. The van der Waals surface area contributed by atoms with Crippen molar-refractivity contribution in [2.24, 2.45) is 5.10 Å². The van der Waals surface area contributed by atoms with Crippen molar-refractivity contribution in [1.82, 2.24) is 5.43 Å². The number of carbonyl (C=O) groups excluding carboxylic acids is 1. The largest absolute Gasteiger partial charge is 0.489 e. The number of nitrogens with one attached hydrogen (secondary N) is 1. The Labute approximate surface area is 237 Å². The van der Waals surface area contributed by atoms with Crippen LogP contribution in [0, 0.1) is 6.92 Å². The van der Waals surface area contributed by atoms with E-state index in [0.717, 1.165) is 15.4 Å². The van der Waals surface area contributed by atoms with Crippen molar-refractivity contribution in [3.63, 3.8) is 0 Å². The molecule has 1 N–H and O–H groups in total. The number of benzene rings is 4. The van der Waals surface area contributed by atoms with Gasteiger partial charge in [-0.15, -0.1) is 0 Å². The first-order chi connectivity index (χ1) is 18.7. The molecule has 200 valence electrons. The lowest BCUT2D eigenvalue weighted by atomic mass is 10.2. The zero-order chi connectivity index (χ0) is 27.8. The topological polar surface area (TPSA) is 88.1 Å². The molecular weight excluding hydrogens is 557 g/mol. The Hall–Kier alpha value is -3.85. The summed E-state index contributed by atoms with van der Waals surface area (Å²) in [6, 6.07) is 27.2. The van der Waals surface area contributed by atoms with E-state index >= 15 is 0 Å². The van der Waals surface area contributed by atoms with Crippen LogP contribution in [0.3, 0.4) is 0 Å². The number of nitrogens with zero attached hydrogens (tertiary/aromatic N) is 2. The molecule has 0 heterocycles. The highest BCUT2D eigenvalue weighted by Crippen LogP contribution is 2.26. The van der Waals surface area contributed by atoms with Crippen LogP contribution in [0.15, 0.2) is 107 Å². The fraction of sp³-hybridized carbons (Fsp3) is 0.103. The van der Waals surface area contributed by atoms with Gasteiger partial charge in [-0.1, -0.05) is 59.1 Å².